The summed E-state index contributed by atoms with van der Waals surface area (Å²) in [6, 6.07) is 4.91. The number of pyridine rings is 1. The Kier molecular flexibility index (Phi) is 3.01. The van der Waals surface area contributed by atoms with Crippen molar-refractivity contribution in [3.63, 3.8) is 0 Å². The number of likely N-dealkylation sites (N-methyl/N-ethyl adjacent to an activating group) is 1. The number of rotatable bonds is 1. The van der Waals surface area contributed by atoms with Crippen LogP contribution in [0.25, 0.3) is 11.1 Å². The predicted molar refractivity (Wildman–Crippen MR) is 77.7 cm³/mol. The highest BCUT2D eigenvalue weighted by molar-refractivity contribution is 5.99. The summed E-state index contributed by atoms with van der Waals surface area (Å²) in [6.07, 6.45) is 1.17. The highest BCUT2D eigenvalue weighted by atomic mass is 19.1. The van der Waals surface area contributed by atoms with Crippen molar-refractivity contribution in [2.24, 2.45) is 0 Å². The third-order valence-electron chi connectivity index (χ3n) is 3.50. The van der Waals surface area contributed by atoms with E-state index in [1.54, 1.807) is 32.2 Å². The van der Waals surface area contributed by atoms with Crippen LogP contribution < -0.4 is 15.4 Å². The Balaban J connectivity index is 2.17. The Bertz CT molecular complexity index is 746. The van der Waals surface area contributed by atoms with Crippen LogP contribution in [-0.4, -0.2) is 24.5 Å². The average molecular weight is 287 g/mol. The number of halogens is 1. The smallest absolute Gasteiger partial charge is 0.264 e. The van der Waals surface area contributed by atoms with Crippen LogP contribution in [0.5, 0.6) is 5.75 Å². The van der Waals surface area contributed by atoms with E-state index in [2.05, 4.69) is 4.98 Å². The van der Waals surface area contributed by atoms with Gasteiger partial charge in [0.15, 0.2) is 6.61 Å². The van der Waals surface area contributed by atoms with Gasteiger partial charge in [0.2, 0.25) is 0 Å². The first-order chi connectivity index (χ1) is 9.97. The first-order valence-electron chi connectivity index (χ1n) is 6.43. The molecule has 108 valence electrons. The van der Waals surface area contributed by atoms with Crippen LogP contribution in [0, 0.1) is 12.7 Å². The van der Waals surface area contributed by atoms with Gasteiger partial charge in [-0.25, -0.2) is 4.39 Å². The van der Waals surface area contributed by atoms with Gasteiger partial charge in [-0.2, -0.15) is 0 Å². The van der Waals surface area contributed by atoms with Gasteiger partial charge in [0.05, 0.1) is 11.9 Å². The number of nitrogens with zero attached hydrogens (tertiary/aromatic N) is 2. The molecule has 0 bridgehead atoms. The van der Waals surface area contributed by atoms with Gasteiger partial charge >= 0.3 is 0 Å². The van der Waals surface area contributed by atoms with Crippen LogP contribution in [0.3, 0.4) is 0 Å². The number of fused-ring (bicyclic) bond motifs is 1. The third kappa shape index (κ3) is 2.18. The second-order valence-corrected chi connectivity index (χ2v) is 4.95. The minimum Gasteiger partial charge on any atom is -0.482 e. The second-order valence-electron chi connectivity index (χ2n) is 4.95. The molecule has 3 rings (SSSR count). The highest BCUT2D eigenvalue weighted by Gasteiger charge is 2.24. The van der Waals surface area contributed by atoms with E-state index < -0.39 is 5.82 Å². The molecular formula is C15H14FN3O2. The zero-order valence-electron chi connectivity index (χ0n) is 11.7. The molecule has 1 aliphatic rings. The van der Waals surface area contributed by atoms with Gasteiger partial charge in [-0.15, -0.1) is 0 Å². The lowest BCUT2D eigenvalue weighted by atomic mass is 10.0. The van der Waals surface area contributed by atoms with Gasteiger partial charge in [0, 0.05) is 29.6 Å². The van der Waals surface area contributed by atoms with E-state index in [0.29, 0.717) is 33.9 Å². The van der Waals surface area contributed by atoms with E-state index >= 15 is 0 Å². The van der Waals surface area contributed by atoms with E-state index in [0.717, 1.165) is 0 Å². The van der Waals surface area contributed by atoms with Crippen LogP contribution in [0.2, 0.25) is 0 Å². The summed E-state index contributed by atoms with van der Waals surface area (Å²) in [5.74, 6) is -0.0942. The number of hydrogen-bond acceptors (Lipinski definition) is 4. The normalized spacial score (nSPS) is 13.9. The molecule has 2 heterocycles. The van der Waals surface area contributed by atoms with Gasteiger partial charge in [-0.05, 0) is 25.1 Å². The zero-order valence-corrected chi connectivity index (χ0v) is 11.7. The van der Waals surface area contributed by atoms with Crippen LogP contribution in [-0.2, 0) is 4.79 Å². The topological polar surface area (TPSA) is 68.5 Å². The fourth-order valence-corrected chi connectivity index (χ4v) is 2.32. The third-order valence-corrected chi connectivity index (χ3v) is 3.50. The molecule has 0 spiro atoms. The molecule has 1 aliphatic heterocycles. The molecule has 0 atom stereocenters. The predicted octanol–water partition coefficient (Wildman–Crippen LogP) is 2.13. The molecular weight excluding hydrogens is 273 g/mol. The monoisotopic (exact) mass is 287 g/mol. The summed E-state index contributed by atoms with van der Waals surface area (Å²) < 4.78 is 19.4. The highest BCUT2D eigenvalue weighted by Crippen LogP contribution is 2.40. The number of carbonyl (C=O) groups is 1. The zero-order chi connectivity index (χ0) is 15.1. The molecule has 0 fully saturated rings. The molecule has 6 heteroatoms. The van der Waals surface area contributed by atoms with Crippen LogP contribution in [0.4, 0.5) is 15.8 Å². The largest absolute Gasteiger partial charge is 0.482 e. The van der Waals surface area contributed by atoms with Gasteiger partial charge in [0.25, 0.3) is 5.91 Å². The molecule has 21 heavy (non-hydrogen) atoms. The number of amides is 1. The minimum atomic E-state index is -0.451. The molecule has 1 aromatic heterocycles. The van der Waals surface area contributed by atoms with Crippen molar-refractivity contribution in [3.8, 4) is 16.9 Å². The molecule has 0 aliphatic carbocycles. The molecule has 5 nitrogen and oxygen atoms in total. The molecule has 0 radical (unpaired) electrons. The number of aromatic nitrogens is 1. The fraction of sp³-hybridized carbons (Fsp3) is 0.200. The molecule has 0 saturated carbocycles. The summed E-state index contributed by atoms with van der Waals surface area (Å²) in [5.41, 5.74) is 8.57. The Morgan fingerprint density at radius 2 is 2.10 bits per heavy atom. The number of aryl methyl sites for hydroxylation is 1. The maximum absolute atomic E-state index is 14.0. The standard InChI is InChI=1S/C15H14FN3O2/c1-8-3-9(11(16)6-18-8)10-4-14-13(5-12(10)17)19(2)15(20)7-21-14/h3-6H,7,17H2,1-2H3. The average Bonchev–Trinajstić information content (AvgIpc) is 2.46. The summed E-state index contributed by atoms with van der Waals surface area (Å²) in [5, 5.41) is 0. The van der Waals surface area contributed by atoms with E-state index in [-0.39, 0.29) is 12.5 Å². The van der Waals surface area contributed by atoms with Crippen molar-refractivity contribution < 1.29 is 13.9 Å². The molecule has 2 N–H and O–H groups in total. The molecule has 2 aromatic rings. The first-order valence-corrected chi connectivity index (χ1v) is 6.43. The number of carbonyl (C=O) groups excluding carboxylic acids is 1. The lowest BCUT2D eigenvalue weighted by Crippen LogP contribution is -2.35. The van der Waals surface area contributed by atoms with Crippen molar-refractivity contribution in [1.82, 2.24) is 4.98 Å². The molecule has 1 amide bonds. The van der Waals surface area contributed by atoms with E-state index in [9.17, 15) is 9.18 Å². The maximum atomic E-state index is 14.0. The number of ether oxygens (including phenoxy) is 1. The van der Waals surface area contributed by atoms with Crippen molar-refractivity contribution in [1.29, 1.82) is 0 Å². The Morgan fingerprint density at radius 1 is 1.33 bits per heavy atom. The summed E-state index contributed by atoms with van der Waals surface area (Å²) in [4.78, 5) is 17.0. The van der Waals surface area contributed by atoms with Gasteiger partial charge in [0.1, 0.15) is 11.6 Å². The van der Waals surface area contributed by atoms with Crippen molar-refractivity contribution in [2.45, 2.75) is 6.92 Å². The maximum Gasteiger partial charge on any atom is 0.264 e. The Hall–Kier alpha value is -2.63. The number of anilines is 2. The molecule has 0 saturated heterocycles. The number of nitrogens with two attached hydrogens (primary N) is 1. The summed E-state index contributed by atoms with van der Waals surface area (Å²) in [6.45, 7) is 1.74. The molecule has 0 unspecified atom stereocenters. The fourth-order valence-electron chi connectivity index (χ4n) is 2.32. The quantitative estimate of drug-likeness (QED) is 0.816. The van der Waals surface area contributed by atoms with Crippen molar-refractivity contribution in [3.05, 3.63) is 35.9 Å². The SMILES string of the molecule is Cc1cc(-c2cc3c(cc2N)N(C)C(=O)CO3)c(F)cn1. The van der Waals surface area contributed by atoms with Gasteiger partial charge in [-0.1, -0.05) is 0 Å². The number of benzene rings is 1. The van der Waals surface area contributed by atoms with Gasteiger partial charge in [-0.3, -0.25) is 9.78 Å². The van der Waals surface area contributed by atoms with E-state index in [1.165, 1.54) is 11.1 Å². The molecule has 1 aromatic carbocycles. The lowest BCUT2D eigenvalue weighted by Gasteiger charge is -2.27. The number of nitrogen functional groups attached to an aromatic ring is 1. The summed E-state index contributed by atoms with van der Waals surface area (Å²) >= 11 is 0. The van der Waals surface area contributed by atoms with Crippen LogP contribution >= 0.6 is 0 Å². The van der Waals surface area contributed by atoms with Gasteiger partial charge < -0.3 is 15.4 Å². The lowest BCUT2D eigenvalue weighted by molar-refractivity contribution is -0.120. The first kappa shape index (κ1) is 13.4. The second kappa shape index (κ2) is 4.73. The number of hydrogen-bond donors (Lipinski definition) is 1. The van der Waals surface area contributed by atoms with Crippen LogP contribution in [0.15, 0.2) is 24.4 Å². The van der Waals surface area contributed by atoms with E-state index in [1.807, 2.05) is 0 Å². The Morgan fingerprint density at radius 3 is 2.86 bits per heavy atom. The van der Waals surface area contributed by atoms with Crippen molar-refractivity contribution >= 4 is 17.3 Å². The van der Waals surface area contributed by atoms with Crippen LogP contribution in [0.1, 0.15) is 5.69 Å². The summed E-state index contributed by atoms with van der Waals surface area (Å²) in [7, 11) is 1.65. The van der Waals surface area contributed by atoms with Crippen molar-refractivity contribution in [2.75, 3.05) is 24.3 Å². The Labute approximate surface area is 121 Å². The minimum absolute atomic E-state index is 0.0370. The van der Waals surface area contributed by atoms with E-state index in [4.69, 9.17) is 10.5 Å².